The Morgan fingerprint density at radius 1 is 1.58 bits per heavy atom. The highest BCUT2D eigenvalue weighted by Gasteiger charge is 2.15. The number of carboxylic acids is 1. The molecule has 1 heterocycles. The van der Waals surface area contributed by atoms with Crippen molar-refractivity contribution in [3.8, 4) is 5.69 Å². The third-order valence-corrected chi connectivity index (χ3v) is 3.55. The molecule has 8 heteroatoms. The maximum atomic E-state index is 11.8. The third-order valence-electron chi connectivity index (χ3n) is 2.31. The van der Waals surface area contributed by atoms with E-state index in [0.29, 0.717) is 10.7 Å². The quantitative estimate of drug-likeness (QED) is 0.839. The first kappa shape index (κ1) is 13.7. The summed E-state index contributed by atoms with van der Waals surface area (Å²) in [4.78, 5) is 22.4. The molecule has 0 aliphatic rings. The zero-order valence-corrected chi connectivity index (χ0v) is 11.5. The van der Waals surface area contributed by atoms with E-state index in [1.165, 1.54) is 4.57 Å². The number of carboxylic acid groups (broad SMARTS) is 1. The van der Waals surface area contributed by atoms with Gasteiger partial charge in [0.15, 0.2) is 5.16 Å². The molecule has 0 spiro atoms. The van der Waals surface area contributed by atoms with Crippen LogP contribution >= 0.6 is 23.4 Å². The van der Waals surface area contributed by atoms with Crippen LogP contribution in [-0.4, -0.2) is 31.6 Å². The van der Waals surface area contributed by atoms with E-state index in [9.17, 15) is 9.59 Å². The molecule has 0 amide bonds. The summed E-state index contributed by atoms with van der Waals surface area (Å²) in [5.74, 6) is -1.17. The van der Waals surface area contributed by atoms with Crippen LogP contribution in [-0.2, 0) is 4.79 Å². The van der Waals surface area contributed by atoms with Gasteiger partial charge in [-0.1, -0.05) is 29.4 Å². The van der Waals surface area contributed by atoms with E-state index in [0.717, 1.165) is 17.3 Å². The molecule has 6 nitrogen and oxygen atoms in total. The van der Waals surface area contributed by atoms with Gasteiger partial charge in [-0.25, -0.2) is 14.5 Å². The Morgan fingerprint density at radius 3 is 3.00 bits per heavy atom. The number of hydrogen-bond donors (Lipinski definition) is 2. The van der Waals surface area contributed by atoms with Crippen molar-refractivity contribution < 1.29 is 9.90 Å². The first-order valence-electron chi connectivity index (χ1n) is 5.27. The maximum Gasteiger partial charge on any atom is 0.348 e. The first-order valence-corrected chi connectivity index (χ1v) is 6.64. The number of nitrogens with zero attached hydrogens (tertiary/aromatic N) is 2. The molecule has 19 heavy (non-hydrogen) atoms. The van der Waals surface area contributed by atoms with Crippen molar-refractivity contribution in [2.75, 3.05) is 5.75 Å². The highest BCUT2D eigenvalue weighted by atomic mass is 35.5. The number of benzene rings is 1. The molecule has 0 saturated carbocycles. The molecule has 1 aromatic heterocycles. The fourth-order valence-corrected chi connectivity index (χ4v) is 2.39. The van der Waals surface area contributed by atoms with E-state index < -0.39 is 11.7 Å². The van der Waals surface area contributed by atoms with Crippen molar-refractivity contribution in [2.45, 2.75) is 12.1 Å². The van der Waals surface area contributed by atoms with Crippen molar-refractivity contribution >= 4 is 29.3 Å². The van der Waals surface area contributed by atoms with Gasteiger partial charge in [0.25, 0.3) is 0 Å². The van der Waals surface area contributed by atoms with Crippen LogP contribution in [0.15, 0.2) is 28.2 Å². The summed E-state index contributed by atoms with van der Waals surface area (Å²) in [5.41, 5.74) is 0.954. The Labute approximate surface area is 117 Å². The van der Waals surface area contributed by atoms with Gasteiger partial charge >= 0.3 is 11.7 Å². The Balaban J connectivity index is 2.49. The van der Waals surface area contributed by atoms with Crippen LogP contribution in [0.2, 0.25) is 5.02 Å². The van der Waals surface area contributed by atoms with Crippen LogP contribution in [0.3, 0.4) is 0 Å². The second-order valence-corrected chi connectivity index (χ2v) is 5.13. The van der Waals surface area contributed by atoms with Gasteiger partial charge in [-0.2, -0.15) is 0 Å². The SMILES string of the molecule is Cc1ccc(Cl)c(-n2c(SCC(=O)O)n[nH]c2=O)c1. The predicted molar refractivity (Wildman–Crippen MR) is 72.3 cm³/mol. The standard InChI is InChI=1S/C11H10ClN3O3S/c1-6-2-3-7(12)8(4-6)15-10(18)13-14-11(15)19-5-9(16)17/h2-4H,5H2,1H3,(H,13,18)(H,16,17). The number of hydrogen-bond acceptors (Lipinski definition) is 4. The Bertz CT molecular complexity index is 680. The molecular weight excluding hydrogens is 290 g/mol. The van der Waals surface area contributed by atoms with Crippen LogP contribution in [0, 0.1) is 6.92 Å². The zero-order valence-electron chi connectivity index (χ0n) is 9.88. The van der Waals surface area contributed by atoms with Crippen LogP contribution in [0.1, 0.15) is 5.56 Å². The van der Waals surface area contributed by atoms with Gasteiger partial charge in [0.1, 0.15) is 0 Å². The smallest absolute Gasteiger partial charge is 0.348 e. The minimum absolute atomic E-state index is 0.187. The van der Waals surface area contributed by atoms with Gasteiger partial charge in [0, 0.05) is 0 Å². The summed E-state index contributed by atoms with van der Waals surface area (Å²) in [5, 5.41) is 15.4. The molecule has 0 aliphatic carbocycles. The van der Waals surface area contributed by atoms with Gasteiger partial charge in [-0.15, -0.1) is 5.10 Å². The number of aromatic amines is 1. The molecule has 2 aromatic rings. The molecule has 2 rings (SSSR count). The van der Waals surface area contributed by atoms with E-state index in [1.807, 2.05) is 13.0 Å². The molecule has 2 N–H and O–H groups in total. The molecule has 0 aliphatic heterocycles. The average molecular weight is 300 g/mol. The summed E-state index contributed by atoms with van der Waals surface area (Å²) in [6, 6.07) is 5.24. The number of H-pyrrole nitrogens is 1. The second kappa shape index (κ2) is 5.50. The molecule has 0 bridgehead atoms. The number of aryl methyl sites for hydroxylation is 1. The van der Waals surface area contributed by atoms with E-state index in [-0.39, 0.29) is 10.9 Å². The zero-order chi connectivity index (χ0) is 14.0. The molecule has 1 aromatic carbocycles. The lowest BCUT2D eigenvalue weighted by atomic mass is 10.2. The number of aromatic nitrogens is 3. The minimum Gasteiger partial charge on any atom is -0.481 e. The Morgan fingerprint density at radius 2 is 2.32 bits per heavy atom. The van der Waals surface area contributed by atoms with Crippen LogP contribution in [0.25, 0.3) is 5.69 Å². The summed E-state index contributed by atoms with van der Waals surface area (Å²) < 4.78 is 1.27. The summed E-state index contributed by atoms with van der Waals surface area (Å²) in [7, 11) is 0. The van der Waals surface area contributed by atoms with E-state index in [4.69, 9.17) is 16.7 Å². The van der Waals surface area contributed by atoms with Gasteiger partial charge in [-0.3, -0.25) is 4.79 Å². The number of aliphatic carboxylic acids is 1. The third kappa shape index (κ3) is 2.99. The maximum absolute atomic E-state index is 11.8. The number of halogens is 1. The largest absolute Gasteiger partial charge is 0.481 e. The molecular formula is C11H10ClN3O3S. The molecule has 0 fully saturated rings. The van der Waals surface area contributed by atoms with Crippen molar-refractivity contribution in [1.29, 1.82) is 0 Å². The highest BCUT2D eigenvalue weighted by Crippen LogP contribution is 2.24. The van der Waals surface area contributed by atoms with Crippen LogP contribution in [0.5, 0.6) is 0 Å². The van der Waals surface area contributed by atoms with Gasteiger partial charge in [-0.05, 0) is 24.6 Å². The lowest BCUT2D eigenvalue weighted by Gasteiger charge is -2.07. The monoisotopic (exact) mass is 299 g/mol. The highest BCUT2D eigenvalue weighted by molar-refractivity contribution is 7.99. The average Bonchev–Trinajstić information content (AvgIpc) is 2.71. The van der Waals surface area contributed by atoms with Gasteiger partial charge in [0.05, 0.1) is 16.5 Å². The number of thioether (sulfide) groups is 1. The van der Waals surface area contributed by atoms with Crippen molar-refractivity contribution in [3.63, 3.8) is 0 Å². The molecule has 0 unspecified atom stereocenters. The molecule has 0 radical (unpaired) electrons. The summed E-state index contributed by atoms with van der Waals surface area (Å²) in [6.45, 7) is 1.87. The fourth-order valence-electron chi connectivity index (χ4n) is 1.51. The minimum atomic E-state index is -0.984. The summed E-state index contributed by atoms with van der Waals surface area (Å²) >= 11 is 7.02. The molecule has 0 saturated heterocycles. The molecule has 100 valence electrons. The first-order chi connectivity index (χ1) is 8.99. The van der Waals surface area contributed by atoms with Crippen LogP contribution in [0.4, 0.5) is 0 Å². The van der Waals surface area contributed by atoms with E-state index in [2.05, 4.69) is 10.2 Å². The van der Waals surface area contributed by atoms with E-state index >= 15 is 0 Å². The Kier molecular flexibility index (Phi) is 3.96. The van der Waals surface area contributed by atoms with Gasteiger partial charge in [0.2, 0.25) is 0 Å². The second-order valence-electron chi connectivity index (χ2n) is 3.78. The lowest BCUT2D eigenvalue weighted by molar-refractivity contribution is -0.133. The fraction of sp³-hybridized carbons (Fsp3) is 0.182. The number of rotatable bonds is 4. The predicted octanol–water partition coefficient (Wildman–Crippen LogP) is 1.70. The Hall–Kier alpha value is -1.73. The van der Waals surface area contributed by atoms with Crippen molar-refractivity contribution in [2.24, 2.45) is 0 Å². The summed E-state index contributed by atoms with van der Waals surface area (Å²) in [6.07, 6.45) is 0. The molecule has 0 atom stereocenters. The topological polar surface area (TPSA) is 88.0 Å². The number of carbonyl (C=O) groups is 1. The van der Waals surface area contributed by atoms with E-state index in [1.54, 1.807) is 12.1 Å². The van der Waals surface area contributed by atoms with Crippen molar-refractivity contribution in [3.05, 3.63) is 39.3 Å². The normalized spacial score (nSPS) is 10.6. The number of nitrogens with one attached hydrogen (secondary N) is 1. The van der Waals surface area contributed by atoms with Gasteiger partial charge < -0.3 is 5.11 Å². The lowest BCUT2D eigenvalue weighted by Crippen LogP contribution is -2.16. The van der Waals surface area contributed by atoms with Crippen LogP contribution < -0.4 is 5.69 Å². The van der Waals surface area contributed by atoms with Crippen molar-refractivity contribution in [1.82, 2.24) is 14.8 Å².